The molecule has 1 heterocycles. The average Bonchev–Trinajstić information content (AvgIpc) is 3.18. The minimum atomic E-state index is -3.76. The fourth-order valence-electron chi connectivity index (χ4n) is 3.19. The highest BCUT2D eigenvalue weighted by molar-refractivity contribution is 7.92. The zero-order chi connectivity index (χ0) is 20.4. The van der Waals surface area contributed by atoms with Crippen LogP contribution in [-0.2, 0) is 25.8 Å². The number of rotatable bonds is 7. The Bertz CT molecular complexity index is 1060. The second-order valence-corrected chi connectivity index (χ2v) is 10.4. The maximum atomic E-state index is 12.8. The lowest BCUT2D eigenvalue weighted by atomic mass is 10.1. The highest BCUT2D eigenvalue weighted by Gasteiger charge is 2.28. The van der Waals surface area contributed by atoms with Crippen molar-refractivity contribution in [2.45, 2.75) is 30.4 Å². The van der Waals surface area contributed by atoms with Crippen LogP contribution in [0, 0.1) is 6.92 Å². The van der Waals surface area contributed by atoms with Crippen LogP contribution in [0.25, 0.3) is 0 Å². The van der Waals surface area contributed by atoms with Gasteiger partial charge < -0.3 is 4.74 Å². The fourth-order valence-corrected chi connectivity index (χ4v) is 6.03. The molecule has 0 bridgehead atoms. The van der Waals surface area contributed by atoms with E-state index < -0.39 is 20.0 Å². The first-order valence-corrected chi connectivity index (χ1v) is 12.1. The molecule has 28 heavy (non-hydrogen) atoms. The topological polar surface area (TPSA) is 92.8 Å². The van der Waals surface area contributed by atoms with Gasteiger partial charge in [-0.3, -0.25) is 4.72 Å². The normalized spacial score (nSPS) is 15.5. The molecule has 0 atom stereocenters. The summed E-state index contributed by atoms with van der Waals surface area (Å²) in [5.41, 5.74) is 1.65. The van der Waals surface area contributed by atoms with Crippen molar-refractivity contribution in [1.82, 2.24) is 4.31 Å². The Morgan fingerprint density at radius 2 is 1.71 bits per heavy atom. The van der Waals surface area contributed by atoms with Crippen molar-refractivity contribution in [2.75, 3.05) is 24.9 Å². The minimum Gasteiger partial charge on any atom is -0.495 e. The zero-order valence-corrected chi connectivity index (χ0v) is 17.5. The third-order valence-electron chi connectivity index (χ3n) is 4.75. The standard InChI is InChI=1S/C19H24N2O5S2/c1-15-7-3-4-8-16(15)14-27(22,23)20-18-13-17(9-10-19(18)26-2)28(24,25)21-11-5-6-12-21/h3-4,7-10,13,20H,5-6,11-12,14H2,1-2H3. The van der Waals surface area contributed by atoms with Crippen molar-refractivity contribution >= 4 is 25.7 Å². The molecule has 0 amide bonds. The van der Waals surface area contributed by atoms with E-state index in [1.54, 1.807) is 12.1 Å². The lowest BCUT2D eigenvalue weighted by Crippen LogP contribution is -2.28. The van der Waals surface area contributed by atoms with Crippen LogP contribution in [0.2, 0.25) is 0 Å². The number of ether oxygens (including phenoxy) is 1. The van der Waals surface area contributed by atoms with Gasteiger partial charge in [0.25, 0.3) is 0 Å². The van der Waals surface area contributed by atoms with Crippen molar-refractivity contribution in [1.29, 1.82) is 0 Å². The van der Waals surface area contributed by atoms with Gasteiger partial charge in [0.15, 0.2) is 0 Å². The SMILES string of the molecule is COc1ccc(S(=O)(=O)N2CCCC2)cc1NS(=O)(=O)Cc1ccccc1C. The highest BCUT2D eigenvalue weighted by Crippen LogP contribution is 2.31. The van der Waals surface area contributed by atoms with Gasteiger partial charge in [0.2, 0.25) is 20.0 Å². The summed E-state index contributed by atoms with van der Waals surface area (Å²) in [6.07, 6.45) is 1.65. The Morgan fingerprint density at radius 3 is 2.36 bits per heavy atom. The number of nitrogens with zero attached hydrogens (tertiary/aromatic N) is 1. The van der Waals surface area contributed by atoms with Crippen LogP contribution < -0.4 is 9.46 Å². The number of benzene rings is 2. The maximum absolute atomic E-state index is 12.8. The van der Waals surface area contributed by atoms with Gasteiger partial charge in [0, 0.05) is 13.1 Å². The molecule has 1 aliphatic rings. The summed E-state index contributed by atoms with van der Waals surface area (Å²) in [4.78, 5) is 0.0452. The predicted octanol–water partition coefficient (Wildman–Crippen LogP) is 2.73. The second kappa shape index (κ2) is 8.10. The lowest BCUT2D eigenvalue weighted by molar-refractivity contribution is 0.416. The Morgan fingerprint density at radius 1 is 1.04 bits per heavy atom. The molecule has 0 spiro atoms. The van der Waals surface area contributed by atoms with Crippen LogP contribution in [-0.4, -0.2) is 41.3 Å². The molecule has 2 aromatic rings. The summed E-state index contributed by atoms with van der Waals surface area (Å²) in [5, 5.41) is 0. The molecule has 152 valence electrons. The van der Waals surface area contributed by atoms with E-state index in [1.807, 2.05) is 19.1 Å². The average molecular weight is 425 g/mol. The number of aryl methyl sites for hydroxylation is 1. The highest BCUT2D eigenvalue weighted by atomic mass is 32.2. The first kappa shape index (κ1) is 20.6. The lowest BCUT2D eigenvalue weighted by Gasteiger charge is -2.18. The Balaban J connectivity index is 1.91. The second-order valence-electron chi connectivity index (χ2n) is 6.76. The van der Waals surface area contributed by atoms with Crippen LogP contribution in [0.15, 0.2) is 47.4 Å². The third kappa shape index (κ3) is 4.48. The van der Waals surface area contributed by atoms with E-state index in [4.69, 9.17) is 4.74 Å². The summed E-state index contributed by atoms with van der Waals surface area (Å²) < 4.78 is 60.1. The molecule has 2 aromatic carbocycles. The van der Waals surface area contributed by atoms with E-state index in [1.165, 1.54) is 29.6 Å². The number of hydrogen-bond donors (Lipinski definition) is 1. The van der Waals surface area contributed by atoms with Gasteiger partial charge in [-0.15, -0.1) is 0 Å². The van der Waals surface area contributed by atoms with E-state index in [0.717, 1.165) is 18.4 Å². The van der Waals surface area contributed by atoms with Crippen LogP contribution in [0.3, 0.4) is 0 Å². The number of hydrogen-bond acceptors (Lipinski definition) is 5. The van der Waals surface area contributed by atoms with Crippen molar-refractivity contribution in [2.24, 2.45) is 0 Å². The van der Waals surface area contributed by atoms with Crippen molar-refractivity contribution in [3.05, 3.63) is 53.6 Å². The van der Waals surface area contributed by atoms with E-state index in [-0.39, 0.29) is 22.1 Å². The number of sulfonamides is 2. The third-order valence-corrected chi connectivity index (χ3v) is 7.86. The first-order chi connectivity index (χ1) is 13.2. The molecule has 9 heteroatoms. The Hall–Kier alpha value is -2.10. The molecule has 1 aliphatic heterocycles. The van der Waals surface area contributed by atoms with Gasteiger partial charge in [-0.05, 0) is 49.1 Å². The fraction of sp³-hybridized carbons (Fsp3) is 0.368. The van der Waals surface area contributed by atoms with E-state index >= 15 is 0 Å². The number of nitrogens with one attached hydrogen (secondary N) is 1. The van der Waals surface area contributed by atoms with E-state index in [2.05, 4.69) is 4.72 Å². The molecule has 3 rings (SSSR count). The molecule has 0 unspecified atom stereocenters. The van der Waals surface area contributed by atoms with E-state index in [9.17, 15) is 16.8 Å². The van der Waals surface area contributed by atoms with Crippen LogP contribution in [0.4, 0.5) is 5.69 Å². The maximum Gasteiger partial charge on any atom is 0.243 e. The summed E-state index contributed by atoms with van der Waals surface area (Å²) in [5.74, 6) is 0.0417. The largest absolute Gasteiger partial charge is 0.495 e. The van der Waals surface area contributed by atoms with Crippen LogP contribution >= 0.6 is 0 Å². The van der Waals surface area contributed by atoms with Gasteiger partial charge in [0.1, 0.15) is 5.75 Å². The summed E-state index contributed by atoms with van der Waals surface area (Å²) in [6, 6.07) is 11.4. The Kier molecular flexibility index (Phi) is 5.97. The molecular weight excluding hydrogens is 400 g/mol. The predicted molar refractivity (Wildman–Crippen MR) is 108 cm³/mol. The summed E-state index contributed by atoms with van der Waals surface area (Å²) in [7, 11) is -6.02. The molecule has 1 fully saturated rings. The van der Waals surface area contributed by atoms with Gasteiger partial charge >= 0.3 is 0 Å². The van der Waals surface area contributed by atoms with Gasteiger partial charge in [-0.25, -0.2) is 16.8 Å². The van der Waals surface area contributed by atoms with Crippen LogP contribution in [0.5, 0.6) is 5.75 Å². The molecule has 0 aliphatic carbocycles. The van der Waals surface area contributed by atoms with E-state index in [0.29, 0.717) is 18.7 Å². The summed E-state index contributed by atoms with van der Waals surface area (Å²) >= 11 is 0. The molecule has 0 aromatic heterocycles. The number of methoxy groups -OCH3 is 1. The van der Waals surface area contributed by atoms with Gasteiger partial charge in [-0.2, -0.15) is 4.31 Å². The minimum absolute atomic E-state index is 0.0452. The van der Waals surface area contributed by atoms with Gasteiger partial charge in [-0.1, -0.05) is 24.3 Å². The summed E-state index contributed by atoms with van der Waals surface area (Å²) in [6.45, 7) is 2.79. The quantitative estimate of drug-likeness (QED) is 0.738. The Labute approximate surface area is 166 Å². The van der Waals surface area contributed by atoms with Crippen molar-refractivity contribution in [3.63, 3.8) is 0 Å². The molecular formula is C19H24N2O5S2. The van der Waals surface area contributed by atoms with Crippen molar-refractivity contribution < 1.29 is 21.6 Å². The molecule has 1 saturated heterocycles. The molecule has 1 N–H and O–H groups in total. The van der Waals surface area contributed by atoms with Crippen molar-refractivity contribution in [3.8, 4) is 5.75 Å². The smallest absolute Gasteiger partial charge is 0.243 e. The monoisotopic (exact) mass is 424 g/mol. The molecule has 0 radical (unpaired) electrons. The van der Waals surface area contributed by atoms with Crippen LogP contribution in [0.1, 0.15) is 24.0 Å². The van der Waals surface area contributed by atoms with Gasteiger partial charge in [0.05, 0.1) is 23.4 Å². The zero-order valence-electron chi connectivity index (χ0n) is 15.9. The first-order valence-electron chi connectivity index (χ1n) is 8.96. The number of anilines is 1. The molecule has 7 nitrogen and oxygen atoms in total. The molecule has 0 saturated carbocycles.